The van der Waals surface area contributed by atoms with Crippen molar-refractivity contribution in [3.8, 4) is 0 Å². The Hall–Kier alpha value is -0.330. The molecule has 0 radical (unpaired) electrons. The van der Waals surface area contributed by atoms with Crippen molar-refractivity contribution >= 4 is 5.78 Å². The molecule has 11 heavy (non-hydrogen) atoms. The molecule has 2 rings (SSSR count). The summed E-state index contributed by atoms with van der Waals surface area (Å²) in [5, 5.41) is 0. The van der Waals surface area contributed by atoms with Crippen molar-refractivity contribution in [2.75, 3.05) is 0 Å². The Labute approximate surface area is 68.2 Å². The molecular formula is C10H16O. The SMILES string of the molecule is CC1(C)CC(=O)C12CCCC2. The number of hydrogen-bond acceptors (Lipinski definition) is 1. The predicted octanol–water partition coefficient (Wildman–Crippen LogP) is 2.55. The number of hydrogen-bond donors (Lipinski definition) is 0. The summed E-state index contributed by atoms with van der Waals surface area (Å²) in [5.41, 5.74) is 0.452. The van der Waals surface area contributed by atoms with Gasteiger partial charge in [-0.2, -0.15) is 0 Å². The second-order valence-corrected chi connectivity index (χ2v) is 4.77. The van der Waals surface area contributed by atoms with Crippen LogP contribution in [0.15, 0.2) is 0 Å². The first-order valence-corrected chi connectivity index (χ1v) is 4.62. The van der Waals surface area contributed by atoms with E-state index in [0.29, 0.717) is 11.2 Å². The second-order valence-electron chi connectivity index (χ2n) is 4.77. The van der Waals surface area contributed by atoms with Crippen LogP contribution < -0.4 is 0 Å². The molecule has 2 saturated carbocycles. The van der Waals surface area contributed by atoms with E-state index in [4.69, 9.17) is 0 Å². The van der Waals surface area contributed by atoms with Crippen LogP contribution in [0.25, 0.3) is 0 Å². The Morgan fingerprint density at radius 2 is 1.73 bits per heavy atom. The third-order valence-electron chi connectivity index (χ3n) is 3.89. The smallest absolute Gasteiger partial charge is 0.140 e. The molecule has 0 aromatic carbocycles. The van der Waals surface area contributed by atoms with Crippen molar-refractivity contribution in [3.05, 3.63) is 0 Å². The largest absolute Gasteiger partial charge is 0.299 e. The first-order chi connectivity index (χ1) is 5.08. The minimum atomic E-state index is 0.132. The van der Waals surface area contributed by atoms with Crippen LogP contribution in [-0.4, -0.2) is 5.78 Å². The van der Waals surface area contributed by atoms with E-state index in [-0.39, 0.29) is 5.41 Å². The summed E-state index contributed by atoms with van der Waals surface area (Å²) in [4.78, 5) is 11.5. The zero-order valence-electron chi connectivity index (χ0n) is 7.44. The average Bonchev–Trinajstić information content (AvgIpc) is 2.34. The summed E-state index contributed by atoms with van der Waals surface area (Å²) in [6.45, 7) is 4.50. The predicted molar refractivity (Wildman–Crippen MR) is 44.3 cm³/mol. The van der Waals surface area contributed by atoms with Crippen molar-refractivity contribution in [1.82, 2.24) is 0 Å². The van der Waals surface area contributed by atoms with Gasteiger partial charge in [0.1, 0.15) is 5.78 Å². The van der Waals surface area contributed by atoms with Crippen LogP contribution >= 0.6 is 0 Å². The van der Waals surface area contributed by atoms with Gasteiger partial charge in [0.25, 0.3) is 0 Å². The average molecular weight is 152 g/mol. The van der Waals surface area contributed by atoms with Crippen LogP contribution in [0, 0.1) is 10.8 Å². The van der Waals surface area contributed by atoms with Gasteiger partial charge in [0.15, 0.2) is 0 Å². The zero-order valence-corrected chi connectivity index (χ0v) is 7.44. The fraction of sp³-hybridized carbons (Fsp3) is 0.900. The topological polar surface area (TPSA) is 17.1 Å². The molecule has 0 bridgehead atoms. The van der Waals surface area contributed by atoms with Crippen LogP contribution in [0.1, 0.15) is 46.0 Å². The van der Waals surface area contributed by atoms with E-state index >= 15 is 0 Å². The zero-order chi connectivity index (χ0) is 8.11. The molecule has 1 nitrogen and oxygen atoms in total. The van der Waals surface area contributed by atoms with Crippen LogP contribution in [-0.2, 0) is 4.79 Å². The molecule has 62 valence electrons. The van der Waals surface area contributed by atoms with Crippen molar-refractivity contribution < 1.29 is 4.79 Å². The minimum absolute atomic E-state index is 0.132. The van der Waals surface area contributed by atoms with E-state index in [2.05, 4.69) is 13.8 Å². The van der Waals surface area contributed by atoms with Gasteiger partial charge in [0, 0.05) is 11.8 Å². The minimum Gasteiger partial charge on any atom is -0.299 e. The molecule has 0 aliphatic heterocycles. The Kier molecular flexibility index (Phi) is 1.25. The highest BCUT2D eigenvalue weighted by molar-refractivity contribution is 5.93. The standard InChI is InChI=1S/C10H16O/c1-9(2)7-8(11)10(9)5-3-4-6-10/h3-7H2,1-2H3. The lowest BCUT2D eigenvalue weighted by Crippen LogP contribution is -2.54. The molecular weight excluding hydrogens is 136 g/mol. The van der Waals surface area contributed by atoms with Crippen LogP contribution in [0.4, 0.5) is 0 Å². The van der Waals surface area contributed by atoms with Gasteiger partial charge in [0.2, 0.25) is 0 Å². The van der Waals surface area contributed by atoms with Crippen LogP contribution in [0.5, 0.6) is 0 Å². The van der Waals surface area contributed by atoms with Crippen molar-refractivity contribution in [2.24, 2.45) is 10.8 Å². The van der Waals surface area contributed by atoms with Gasteiger partial charge in [-0.15, -0.1) is 0 Å². The third-order valence-corrected chi connectivity index (χ3v) is 3.89. The third kappa shape index (κ3) is 0.692. The molecule has 0 aromatic heterocycles. The molecule has 0 saturated heterocycles. The quantitative estimate of drug-likeness (QED) is 0.521. The summed E-state index contributed by atoms with van der Waals surface area (Å²) in [6.07, 6.45) is 5.70. The number of ketones is 1. The van der Waals surface area contributed by atoms with E-state index in [0.717, 1.165) is 6.42 Å². The highest BCUT2D eigenvalue weighted by atomic mass is 16.1. The molecule has 2 fully saturated rings. The van der Waals surface area contributed by atoms with Crippen LogP contribution in [0.2, 0.25) is 0 Å². The summed E-state index contributed by atoms with van der Waals surface area (Å²) in [5.74, 6) is 0.542. The summed E-state index contributed by atoms with van der Waals surface area (Å²) >= 11 is 0. The Bertz CT molecular complexity index is 197. The number of rotatable bonds is 0. The fourth-order valence-corrected chi connectivity index (χ4v) is 2.94. The van der Waals surface area contributed by atoms with E-state index < -0.39 is 0 Å². The van der Waals surface area contributed by atoms with Crippen molar-refractivity contribution in [2.45, 2.75) is 46.0 Å². The molecule has 0 N–H and O–H groups in total. The molecule has 1 spiro atoms. The second kappa shape index (κ2) is 1.88. The van der Waals surface area contributed by atoms with Gasteiger partial charge < -0.3 is 0 Å². The van der Waals surface area contributed by atoms with E-state index in [1.165, 1.54) is 25.7 Å². The highest BCUT2D eigenvalue weighted by Gasteiger charge is 2.60. The molecule has 1 heteroatoms. The van der Waals surface area contributed by atoms with E-state index in [1.807, 2.05) is 0 Å². The molecule has 2 aliphatic carbocycles. The maximum Gasteiger partial charge on any atom is 0.140 e. The van der Waals surface area contributed by atoms with Gasteiger partial charge in [-0.25, -0.2) is 0 Å². The number of carbonyl (C=O) groups is 1. The molecule has 0 amide bonds. The lowest BCUT2D eigenvalue weighted by molar-refractivity contribution is -0.155. The monoisotopic (exact) mass is 152 g/mol. The van der Waals surface area contributed by atoms with Gasteiger partial charge in [-0.3, -0.25) is 4.79 Å². The van der Waals surface area contributed by atoms with E-state index in [9.17, 15) is 4.79 Å². The normalized spacial score (nSPS) is 32.4. The Morgan fingerprint density at radius 3 is 2.00 bits per heavy atom. The summed E-state index contributed by atoms with van der Waals surface area (Å²) in [6, 6.07) is 0. The molecule has 2 aliphatic rings. The van der Waals surface area contributed by atoms with E-state index in [1.54, 1.807) is 0 Å². The summed E-state index contributed by atoms with van der Waals surface area (Å²) in [7, 11) is 0. The van der Waals surface area contributed by atoms with Crippen molar-refractivity contribution in [1.29, 1.82) is 0 Å². The van der Waals surface area contributed by atoms with Gasteiger partial charge >= 0.3 is 0 Å². The first-order valence-electron chi connectivity index (χ1n) is 4.62. The maximum atomic E-state index is 11.5. The lowest BCUT2D eigenvalue weighted by Gasteiger charge is -2.52. The summed E-state index contributed by atoms with van der Waals surface area (Å²) < 4.78 is 0. The van der Waals surface area contributed by atoms with Crippen LogP contribution in [0.3, 0.4) is 0 Å². The van der Waals surface area contributed by atoms with Gasteiger partial charge in [0.05, 0.1) is 0 Å². The molecule has 0 unspecified atom stereocenters. The van der Waals surface area contributed by atoms with Gasteiger partial charge in [-0.1, -0.05) is 26.7 Å². The Morgan fingerprint density at radius 1 is 1.18 bits per heavy atom. The molecule has 0 aromatic rings. The first kappa shape index (κ1) is 7.33. The highest BCUT2D eigenvalue weighted by Crippen LogP contribution is 2.61. The Balaban J connectivity index is 2.28. The lowest BCUT2D eigenvalue weighted by atomic mass is 9.49. The maximum absolute atomic E-state index is 11.5. The van der Waals surface area contributed by atoms with Crippen molar-refractivity contribution in [3.63, 3.8) is 0 Å². The fourth-order valence-electron chi connectivity index (χ4n) is 2.94. The molecule has 0 atom stereocenters. The number of Topliss-reactive ketones (excluding diaryl/α,β-unsaturated/α-hetero) is 1. The van der Waals surface area contributed by atoms with Gasteiger partial charge in [-0.05, 0) is 18.3 Å². The molecule has 0 heterocycles. The number of carbonyl (C=O) groups excluding carboxylic acids is 1.